The third kappa shape index (κ3) is 3.37. The van der Waals surface area contributed by atoms with Gasteiger partial charge in [0.1, 0.15) is 11.4 Å². The summed E-state index contributed by atoms with van der Waals surface area (Å²) in [6.45, 7) is 2.30. The topological polar surface area (TPSA) is 61.4 Å². The van der Waals surface area contributed by atoms with Gasteiger partial charge in [-0.15, -0.1) is 0 Å². The Morgan fingerprint density at radius 2 is 1.75 bits per heavy atom. The standard InChI is InChI=1S/C20H17Cl2N5O/c1-12-6-8-13(9-7-12)24-20-23-10-14-18(25-20)26(2)11-27(19(14)28)17-15(21)4-3-5-16(17)22/h3-10H,11H2,1-2H3,(H,23,24,25). The van der Waals surface area contributed by atoms with Crippen molar-refractivity contribution >= 4 is 52.3 Å². The van der Waals surface area contributed by atoms with Gasteiger partial charge in [0.2, 0.25) is 5.95 Å². The Hall–Kier alpha value is -2.83. The molecule has 0 bridgehead atoms. The fraction of sp³-hybridized carbons (Fsp3) is 0.150. The quantitative estimate of drug-likeness (QED) is 0.661. The van der Waals surface area contributed by atoms with Crippen LogP contribution in [0.1, 0.15) is 15.9 Å². The van der Waals surface area contributed by atoms with Crippen molar-refractivity contribution in [2.75, 3.05) is 28.8 Å². The molecule has 0 radical (unpaired) electrons. The van der Waals surface area contributed by atoms with E-state index in [1.54, 1.807) is 18.2 Å². The predicted octanol–water partition coefficient (Wildman–Crippen LogP) is 4.89. The van der Waals surface area contributed by atoms with Crippen molar-refractivity contribution in [1.29, 1.82) is 0 Å². The van der Waals surface area contributed by atoms with Gasteiger partial charge in [0, 0.05) is 18.9 Å². The van der Waals surface area contributed by atoms with E-state index in [4.69, 9.17) is 23.2 Å². The first-order chi connectivity index (χ1) is 13.4. The minimum Gasteiger partial charge on any atom is -0.341 e. The van der Waals surface area contributed by atoms with Gasteiger partial charge in [0.05, 0.1) is 22.4 Å². The summed E-state index contributed by atoms with van der Waals surface area (Å²) in [6, 6.07) is 13.1. The number of amides is 1. The summed E-state index contributed by atoms with van der Waals surface area (Å²) in [6.07, 6.45) is 1.52. The average Bonchev–Trinajstić information content (AvgIpc) is 2.67. The first-order valence-corrected chi connectivity index (χ1v) is 9.37. The van der Waals surface area contributed by atoms with Crippen LogP contribution in [-0.2, 0) is 0 Å². The van der Waals surface area contributed by atoms with Crippen LogP contribution in [0.4, 0.5) is 23.1 Å². The van der Waals surface area contributed by atoms with E-state index in [1.165, 1.54) is 16.7 Å². The van der Waals surface area contributed by atoms with Crippen molar-refractivity contribution in [3.05, 3.63) is 69.8 Å². The summed E-state index contributed by atoms with van der Waals surface area (Å²) in [5.41, 5.74) is 2.91. The molecule has 1 aliphatic heterocycles. The van der Waals surface area contributed by atoms with Gasteiger partial charge < -0.3 is 10.2 Å². The molecule has 0 aliphatic carbocycles. The van der Waals surface area contributed by atoms with E-state index in [1.807, 2.05) is 43.1 Å². The van der Waals surface area contributed by atoms with Crippen molar-refractivity contribution < 1.29 is 4.79 Å². The summed E-state index contributed by atoms with van der Waals surface area (Å²) in [5.74, 6) is 0.727. The molecule has 8 heteroatoms. The number of anilines is 4. The van der Waals surface area contributed by atoms with Crippen LogP contribution in [0.3, 0.4) is 0 Å². The fourth-order valence-corrected chi connectivity index (χ4v) is 3.65. The number of hydrogen-bond donors (Lipinski definition) is 1. The molecule has 1 amide bonds. The second-order valence-electron chi connectivity index (χ2n) is 6.56. The maximum Gasteiger partial charge on any atom is 0.265 e. The molecule has 3 aromatic rings. The molecule has 0 unspecified atom stereocenters. The van der Waals surface area contributed by atoms with Crippen molar-refractivity contribution in [2.24, 2.45) is 0 Å². The zero-order chi connectivity index (χ0) is 19.8. The zero-order valence-electron chi connectivity index (χ0n) is 15.3. The number of hydrogen-bond acceptors (Lipinski definition) is 5. The molecule has 4 rings (SSSR count). The lowest BCUT2D eigenvalue weighted by Crippen LogP contribution is -2.46. The van der Waals surface area contributed by atoms with Gasteiger partial charge in [0.25, 0.3) is 5.91 Å². The third-order valence-corrected chi connectivity index (χ3v) is 5.08. The number of para-hydroxylation sites is 1. The van der Waals surface area contributed by atoms with Crippen LogP contribution in [0.25, 0.3) is 0 Å². The van der Waals surface area contributed by atoms with Gasteiger partial charge in [-0.1, -0.05) is 47.0 Å². The van der Waals surface area contributed by atoms with Crippen molar-refractivity contribution in [1.82, 2.24) is 9.97 Å². The molecule has 142 valence electrons. The average molecular weight is 414 g/mol. The largest absolute Gasteiger partial charge is 0.341 e. The number of halogens is 2. The molecule has 1 aromatic heterocycles. The lowest BCUT2D eigenvalue weighted by atomic mass is 10.2. The van der Waals surface area contributed by atoms with Gasteiger partial charge in [-0.05, 0) is 31.2 Å². The van der Waals surface area contributed by atoms with E-state index in [0.29, 0.717) is 33.1 Å². The predicted molar refractivity (Wildman–Crippen MR) is 113 cm³/mol. The monoisotopic (exact) mass is 413 g/mol. The lowest BCUT2D eigenvalue weighted by molar-refractivity contribution is 0.0982. The Morgan fingerprint density at radius 1 is 1.07 bits per heavy atom. The van der Waals surface area contributed by atoms with Gasteiger partial charge in [-0.2, -0.15) is 4.98 Å². The van der Waals surface area contributed by atoms with Gasteiger partial charge in [-0.3, -0.25) is 9.69 Å². The molecular weight excluding hydrogens is 397 g/mol. The number of nitrogens with one attached hydrogen (secondary N) is 1. The molecule has 2 aromatic carbocycles. The number of carbonyl (C=O) groups excluding carboxylic acids is 1. The number of aromatic nitrogens is 2. The number of rotatable bonds is 3. The molecule has 0 atom stereocenters. The smallest absolute Gasteiger partial charge is 0.265 e. The number of aryl methyl sites for hydroxylation is 1. The Balaban J connectivity index is 1.67. The first kappa shape index (κ1) is 18.5. The highest BCUT2D eigenvalue weighted by molar-refractivity contribution is 6.40. The van der Waals surface area contributed by atoms with E-state index in [0.717, 1.165) is 5.69 Å². The molecule has 0 spiro atoms. The van der Waals surface area contributed by atoms with Crippen molar-refractivity contribution in [3.63, 3.8) is 0 Å². The van der Waals surface area contributed by atoms with Gasteiger partial charge in [-0.25, -0.2) is 4.98 Å². The molecule has 0 saturated heterocycles. The van der Waals surface area contributed by atoms with Gasteiger partial charge in [0.15, 0.2) is 0 Å². The summed E-state index contributed by atoms with van der Waals surface area (Å²) >= 11 is 12.6. The second kappa shape index (κ2) is 7.30. The van der Waals surface area contributed by atoms with Gasteiger partial charge >= 0.3 is 0 Å². The van der Waals surface area contributed by atoms with Crippen LogP contribution < -0.4 is 15.1 Å². The highest BCUT2D eigenvalue weighted by atomic mass is 35.5. The molecule has 0 saturated carbocycles. The number of benzene rings is 2. The van der Waals surface area contributed by atoms with Crippen molar-refractivity contribution in [3.8, 4) is 0 Å². The molecule has 6 nitrogen and oxygen atoms in total. The Kier molecular flexibility index (Phi) is 4.83. The van der Waals surface area contributed by atoms with E-state index in [9.17, 15) is 4.79 Å². The van der Waals surface area contributed by atoms with Crippen molar-refractivity contribution in [2.45, 2.75) is 6.92 Å². The van der Waals surface area contributed by atoms with E-state index >= 15 is 0 Å². The van der Waals surface area contributed by atoms with Crippen LogP contribution in [-0.4, -0.2) is 29.6 Å². The molecule has 1 N–H and O–H groups in total. The molecular formula is C20H17Cl2N5O. The summed E-state index contributed by atoms with van der Waals surface area (Å²) in [7, 11) is 1.85. The Bertz CT molecular complexity index is 1030. The highest BCUT2D eigenvalue weighted by Gasteiger charge is 2.32. The Labute approximate surface area is 172 Å². The minimum atomic E-state index is -0.245. The Morgan fingerprint density at radius 3 is 2.43 bits per heavy atom. The SMILES string of the molecule is Cc1ccc(Nc2ncc3c(n2)N(C)CN(c2c(Cl)cccc2Cl)C3=O)cc1. The van der Waals surface area contributed by atoms with Crippen LogP contribution in [0, 0.1) is 6.92 Å². The first-order valence-electron chi connectivity index (χ1n) is 8.62. The van der Waals surface area contributed by atoms with Crippen LogP contribution in [0.5, 0.6) is 0 Å². The lowest BCUT2D eigenvalue weighted by Gasteiger charge is -2.35. The van der Waals surface area contributed by atoms with E-state index in [-0.39, 0.29) is 12.6 Å². The summed E-state index contributed by atoms with van der Waals surface area (Å²) in [4.78, 5) is 25.3. The molecule has 2 heterocycles. The maximum absolute atomic E-state index is 13.1. The van der Waals surface area contributed by atoms with Crippen LogP contribution in [0.15, 0.2) is 48.7 Å². The normalized spacial score (nSPS) is 13.5. The number of fused-ring (bicyclic) bond motifs is 1. The van der Waals surface area contributed by atoms with Crippen LogP contribution in [0.2, 0.25) is 10.0 Å². The molecule has 0 fully saturated rings. The minimum absolute atomic E-state index is 0.245. The van der Waals surface area contributed by atoms with E-state index in [2.05, 4.69) is 15.3 Å². The number of nitrogens with zero attached hydrogens (tertiary/aromatic N) is 4. The highest BCUT2D eigenvalue weighted by Crippen LogP contribution is 2.37. The second-order valence-corrected chi connectivity index (χ2v) is 7.38. The molecule has 1 aliphatic rings. The van der Waals surface area contributed by atoms with E-state index < -0.39 is 0 Å². The molecule has 28 heavy (non-hydrogen) atoms. The third-order valence-electron chi connectivity index (χ3n) is 4.47. The van der Waals surface area contributed by atoms with Crippen LogP contribution >= 0.6 is 23.2 Å². The maximum atomic E-state index is 13.1. The summed E-state index contributed by atoms with van der Waals surface area (Å²) < 4.78 is 0. The number of carbonyl (C=O) groups is 1. The fourth-order valence-electron chi connectivity index (χ4n) is 3.05. The summed E-state index contributed by atoms with van der Waals surface area (Å²) in [5, 5.41) is 3.99. The zero-order valence-corrected chi connectivity index (χ0v) is 16.8.